The Labute approximate surface area is 120 Å². The van der Waals surface area contributed by atoms with Gasteiger partial charge in [-0.15, -0.1) is 0 Å². The second-order valence-electron chi connectivity index (χ2n) is 4.10. The third kappa shape index (κ3) is 4.04. The molecule has 0 saturated heterocycles. The van der Waals surface area contributed by atoms with E-state index >= 15 is 0 Å². The average Bonchev–Trinajstić information content (AvgIpc) is 2.88. The summed E-state index contributed by atoms with van der Waals surface area (Å²) in [6, 6.07) is 7.16. The molecule has 0 saturated carbocycles. The van der Waals surface area contributed by atoms with Gasteiger partial charge >= 0.3 is 0 Å². The zero-order chi connectivity index (χ0) is 14.4. The van der Waals surface area contributed by atoms with Crippen LogP contribution in [0.25, 0.3) is 11.4 Å². The lowest BCUT2D eigenvalue weighted by molar-refractivity contribution is -0.121. The van der Waals surface area contributed by atoms with Gasteiger partial charge in [-0.2, -0.15) is 4.98 Å². The molecule has 106 valence electrons. The number of aromatic nitrogens is 2. The molecule has 0 aliphatic rings. The Hall–Kier alpha value is -1.92. The fraction of sp³-hybridized carbons (Fsp3) is 0.308. The second-order valence-corrected chi connectivity index (χ2v) is 4.53. The molecule has 1 heterocycles. The van der Waals surface area contributed by atoms with Gasteiger partial charge in [0.1, 0.15) is 0 Å². The highest BCUT2D eigenvalue weighted by Gasteiger charge is 2.09. The van der Waals surface area contributed by atoms with Crippen LogP contribution in [0.5, 0.6) is 0 Å². The highest BCUT2D eigenvalue weighted by Crippen LogP contribution is 2.19. The highest BCUT2D eigenvalue weighted by molar-refractivity contribution is 6.30. The lowest BCUT2D eigenvalue weighted by Crippen LogP contribution is -2.26. The fourth-order valence-electron chi connectivity index (χ4n) is 1.60. The molecule has 0 spiro atoms. The number of aliphatic hydroxyl groups excluding tert-OH is 1. The predicted molar refractivity (Wildman–Crippen MR) is 73.2 cm³/mol. The molecule has 2 aromatic rings. The predicted octanol–water partition coefficient (Wildman–Crippen LogP) is 1.43. The van der Waals surface area contributed by atoms with E-state index in [1.165, 1.54) is 0 Å². The van der Waals surface area contributed by atoms with Crippen molar-refractivity contribution in [2.24, 2.45) is 0 Å². The van der Waals surface area contributed by atoms with E-state index in [0.717, 1.165) is 5.56 Å². The molecule has 0 atom stereocenters. The smallest absolute Gasteiger partial charge is 0.228 e. The van der Waals surface area contributed by atoms with E-state index in [1.54, 1.807) is 12.1 Å². The summed E-state index contributed by atoms with van der Waals surface area (Å²) in [5, 5.41) is 15.7. The average molecular weight is 296 g/mol. The first-order valence-corrected chi connectivity index (χ1v) is 6.53. The number of nitrogens with zero attached hydrogens (tertiary/aromatic N) is 2. The lowest BCUT2D eigenvalue weighted by atomic mass is 10.2. The van der Waals surface area contributed by atoms with E-state index in [4.69, 9.17) is 21.2 Å². The first kappa shape index (κ1) is 14.5. The number of rotatable bonds is 6. The zero-order valence-corrected chi connectivity index (χ0v) is 11.4. The van der Waals surface area contributed by atoms with Crippen LogP contribution in [0, 0.1) is 0 Å². The van der Waals surface area contributed by atoms with Gasteiger partial charge in [-0.1, -0.05) is 28.9 Å². The molecule has 20 heavy (non-hydrogen) atoms. The van der Waals surface area contributed by atoms with Crippen molar-refractivity contribution in [2.75, 3.05) is 13.2 Å². The van der Waals surface area contributed by atoms with Crippen molar-refractivity contribution < 1.29 is 14.4 Å². The van der Waals surface area contributed by atoms with E-state index in [-0.39, 0.29) is 18.9 Å². The number of nitrogens with one attached hydrogen (secondary N) is 1. The van der Waals surface area contributed by atoms with Gasteiger partial charge < -0.3 is 14.9 Å². The van der Waals surface area contributed by atoms with Crippen molar-refractivity contribution in [2.45, 2.75) is 12.8 Å². The summed E-state index contributed by atoms with van der Waals surface area (Å²) in [6.07, 6.45) is 0.530. The summed E-state index contributed by atoms with van der Waals surface area (Å²) in [6.45, 7) is 0.224. The largest absolute Gasteiger partial charge is 0.396 e. The van der Waals surface area contributed by atoms with Crippen molar-refractivity contribution in [1.29, 1.82) is 0 Å². The number of aliphatic hydroxyl groups is 1. The molecule has 0 bridgehead atoms. The third-order valence-corrected chi connectivity index (χ3v) is 2.79. The minimum absolute atomic E-state index is 0.0948. The van der Waals surface area contributed by atoms with Crippen LogP contribution in [0.15, 0.2) is 28.8 Å². The van der Waals surface area contributed by atoms with E-state index in [1.807, 2.05) is 12.1 Å². The van der Waals surface area contributed by atoms with E-state index in [9.17, 15) is 4.79 Å². The Balaban J connectivity index is 1.91. The molecular weight excluding hydrogens is 282 g/mol. The summed E-state index contributed by atoms with van der Waals surface area (Å²) < 4.78 is 5.10. The summed E-state index contributed by atoms with van der Waals surface area (Å²) in [5.41, 5.74) is 0.775. The molecule has 1 amide bonds. The Morgan fingerprint density at radius 1 is 1.45 bits per heavy atom. The molecule has 0 fully saturated rings. The molecule has 0 unspecified atom stereocenters. The van der Waals surface area contributed by atoms with Crippen molar-refractivity contribution >= 4 is 17.5 Å². The molecule has 0 aliphatic carbocycles. The van der Waals surface area contributed by atoms with Gasteiger partial charge in [-0.25, -0.2) is 0 Å². The molecule has 7 heteroatoms. The quantitative estimate of drug-likeness (QED) is 0.841. The fourth-order valence-corrected chi connectivity index (χ4v) is 1.79. The summed E-state index contributed by atoms with van der Waals surface area (Å²) >= 11 is 5.90. The molecule has 0 aliphatic heterocycles. The number of amides is 1. The Kier molecular flexibility index (Phi) is 5.09. The molecule has 1 aromatic carbocycles. The van der Waals surface area contributed by atoms with Gasteiger partial charge in [0.2, 0.25) is 17.6 Å². The van der Waals surface area contributed by atoms with E-state index in [0.29, 0.717) is 29.7 Å². The van der Waals surface area contributed by atoms with Crippen LogP contribution in [0.1, 0.15) is 12.3 Å². The van der Waals surface area contributed by atoms with Crippen LogP contribution in [0.3, 0.4) is 0 Å². The first-order valence-electron chi connectivity index (χ1n) is 6.15. The Morgan fingerprint density at radius 3 is 3.05 bits per heavy atom. The number of carbonyl (C=O) groups is 1. The number of hydrogen-bond acceptors (Lipinski definition) is 5. The maximum atomic E-state index is 11.1. The molecule has 1 aromatic heterocycles. The summed E-state index contributed by atoms with van der Waals surface area (Å²) in [5.74, 6) is 0.690. The van der Waals surface area contributed by atoms with Gasteiger partial charge in [0, 0.05) is 30.0 Å². The van der Waals surface area contributed by atoms with Crippen molar-refractivity contribution in [1.82, 2.24) is 15.5 Å². The number of halogens is 1. The van der Waals surface area contributed by atoms with Gasteiger partial charge in [-0.05, 0) is 12.1 Å². The monoisotopic (exact) mass is 295 g/mol. The third-order valence-electron chi connectivity index (χ3n) is 2.55. The summed E-state index contributed by atoms with van der Waals surface area (Å²) in [4.78, 5) is 15.4. The normalized spacial score (nSPS) is 10.5. The lowest BCUT2D eigenvalue weighted by Gasteiger charge is -2.00. The van der Waals surface area contributed by atoms with Gasteiger partial charge in [0.25, 0.3) is 0 Å². The summed E-state index contributed by atoms with van der Waals surface area (Å²) in [7, 11) is 0. The molecule has 6 nitrogen and oxygen atoms in total. The van der Waals surface area contributed by atoms with Gasteiger partial charge in [0.05, 0.1) is 6.61 Å². The van der Waals surface area contributed by atoms with Crippen molar-refractivity contribution in [3.63, 3.8) is 0 Å². The zero-order valence-electron chi connectivity index (χ0n) is 10.7. The van der Waals surface area contributed by atoms with Crippen LogP contribution in [-0.4, -0.2) is 34.3 Å². The second kappa shape index (κ2) is 7.02. The maximum absolute atomic E-state index is 11.1. The van der Waals surface area contributed by atoms with Crippen LogP contribution in [-0.2, 0) is 11.2 Å². The van der Waals surface area contributed by atoms with Gasteiger partial charge in [0.15, 0.2) is 0 Å². The minimum Gasteiger partial charge on any atom is -0.396 e. The molecule has 2 N–H and O–H groups in total. The van der Waals surface area contributed by atoms with E-state index in [2.05, 4.69) is 15.5 Å². The van der Waals surface area contributed by atoms with Crippen LogP contribution < -0.4 is 5.32 Å². The van der Waals surface area contributed by atoms with Crippen molar-refractivity contribution in [3.05, 3.63) is 35.2 Å². The Morgan fingerprint density at radius 2 is 2.30 bits per heavy atom. The SMILES string of the molecule is O=C(CCO)NCCc1nc(-c2cccc(Cl)c2)no1. The molecule has 0 radical (unpaired) electrons. The number of hydrogen-bond donors (Lipinski definition) is 2. The molecular formula is C13H14ClN3O3. The maximum Gasteiger partial charge on any atom is 0.228 e. The number of carbonyl (C=O) groups excluding carboxylic acids is 1. The molecule has 2 rings (SSSR count). The first-order chi connectivity index (χ1) is 9.69. The van der Waals surface area contributed by atoms with Crippen LogP contribution in [0.4, 0.5) is 0 Å². The topological polar surface area (TPSA) is 88.2 Å². The van der Waals surface area contributed by atoms with Gasteiger partial charge in [-0.3, -0.25) is 4.79 Å². The Bertz CT molecular complexity index is 586. The standard InChI is InChI=1S/C13H14ClN3O3/c14-10-3-1-2-9(8-10)13-16-12(20-17-13)4-6-15-11(19)5-7-18/h1-3,8,18H,4-7H2,(H,15,19). The highest BCUT2D eigenvalue weighted by atomic mass is 35.5. The number of benzene rings is 1. The van der Waals surface area contributed by atoms with Crippen LogP contribution in [0.2, 0.25) is 5.02 Å². The van der Waals surface area contributed by atoms with Crippen LogP contribution >= 0.6 is 11.6 Å². The minimum atomic E-state index is -0.206. The van der Waals surface area contributed by atoms with Crippen molar-refractivity contribution in [3.8, 4) is 11.4 Å². The van der Waals surface area contributed by atoms with E-state index < -0.39 is 0 Å².